The monoisotopic (exact) mass is 316 g/mol. The van der Waals surface area contributed by atoms with E-state index in [4.69, 9.17) is 10.5 Å². The zero-order chi connectivity index (χ0) is 16.8. The van der Waals surface area contributed by atoms with Gasteiger partial charge in [-0.1, -0.05) is 19.1 Å². The molecule has 122 valence electrons. The number of hydrogen-bond donors (Lipinski definition) is 2. The fourth-order valence-corrected chi connectivity index (χ4v) is 2.19. The Kier molecular flexibility index (Phi) is 5.35. The highest BCUT2D eigenvalue weighted by molar-refractivity contribution is 6.09. The molecule has 1 aromatic carbocycles. The van der Waals surface area contributed by atoms with E-state index < -0.39 is 5.91 Å². The molecule has 0 aliphatic carbocycles. The van der Waals surface area contributed by atoms with Gasteiger partial charge in [0.1, 0.15) is 17.1 Å². The third kappa shape index (κ3) is 3.68. The summed E-state index contributed by atoms with van der Waals surface area (Å²) < 4.78 is 7.01. The third-order valence-corrected chi connectivity index (χ3v) is 3.20. The molecule has 2 amide bonds. The summed E-state index contributed by atoms with van der Waals surface area (Å²) in [5.41, 5.74) is 5.91. The summed E-state index contributed by atoms with van der Waals surface area (Å²) in [5.74, 6) is -0.236. The Morgan fingerprint density at radius 2 is 2.00 bits per heavy atom. The fraction of sp³-hybridized carbons (Fsp3) is 0.312. The lowest BCUT2D eigenvalue weighted by molar-refractivity contribution is 0.100. The number of anilines is 1. The molecule has 23 heavy (non-hydrogen) atoms. The van der Waals surface area contributed by atoms with Crippen LogP contribution in [0.3, 0.4) is 0 Å². The lowest BCUT2D eigenvalue weighted by atomic mass is 10.2. The van der Waals surface area contributed by atoms with Gasteiger partial charge in [-0.2, -0.15) is 5.10 Å². The van der Waals surface area contributed by atoms with E-state index in [1.54, 1.807) is 28.9 Å². The van der Waals surface area contributed by atoms with Crippen molar-refractivity contribution < 1.29 is 14.3 Å². The summed E-state index contributed by atoms with van der Waals surface area (Å²) in [6.45, 7) is 4.83. The Labute approximate surface area is 134 Å². The smallest absolute Gasteiger partial charge is 0.260 e. The molecule has 0 fully saturated rings. The van der Waals surface area contributed by atoms with Gasteiger partial charge in [-0.25, -0.2) is 4.68 Å². The number of carbonyl (C=O) groups is 2. The molecule has 0 saturated carbocycles. The Morgan fingerprint density at radius 3 is 2.65 bits per heavy atom. The van der Waals surface area contributed by atoms with Crippen LogP contribution in [0.2, 0.25) is 0 Å². The number of ether oxygens (including phenoxy) is 1. The Bertz CT molecular complexity index is 709. The number of para-hydroxylation sites is 1. The molecule has 1 heterocycles. The number of aromatic nitrogens is 2. The molecular weight excluding hydrogens is 296 g/mol. The minimum atomic E-state index is -0.638. The highest BCUT2D eigenvalue weighted by Crippen LogP contribution is 2.21. The van der Waals surface area contributed by atoms with Crippen LogP contribution < -0.4 is 15.8 Å². The number of benzene rings is 1. The normalized spacial score (nSPS) is 10.3. The largest absolute Gasteiger partial charge is 0.493 e. The molecule has 0 atom stereocenters. The fourth-order valence-electron chi connectivity index (χ4n) is 2.19. The second kappa shape index (κ2) is 7.44. The summed E-state index contributed by atoms with van der Waals surface area (Å²) in [7, 11) is 0. The zero-order valence-corrected chi connectivity index (χ0v) is 13.2. The first-order chi connectivity index (χ1) is 11.1. The van der Waals surface area contributed by atoms with Crippen molar-refractivity contribution in [2.75, 3.05) is 11.9 Å². The first kappa shape index (κ1) is 16.5. The van der Waals surface area contributed by atoms with Crippen molar-refractivity contribution in [1.29, 1.82) is 0 Å². The lowest BCUT2D eigenvalue weighted by Gasteiger charge is -2.12. The number of rotatable bonds is 7. The second-order valence-electron chi connectivity index (χ2n) is 4.88. The van der Waals surface area contributed by atoms with E-state index in [2.05, 4.69) is 10.4 Å². The van der Waals surface area contributed by atoms with Crippen LogP contribution in [0, 0.1) is 0 Å². The van der Waals surface area contributed by atoms with Crippen molar-refractivity contribution in [3.63, 3.8) is 0 Å². The summed E-state index contributed by atoms with van der Waals surface area (Å²) in [5, 5.41) is 6.82. The molecule has 7 heteroatoms. The number of nitrogens with zero attached hydrogens (tertiary/aromatic N) is 2. The van der Waals surface area contributed by atoms with Gasteiger partial charge in [0.05, 0.1) is 18.4 Å². The number of carbonyl (C=O) groups excluding carboxylic acids is 2. The van der Waals surface area contributed by atoms with Crippen LogP contribution in [0.25, 0.3) is 0 Å². The molecule has 3 N–H and O–H groups in total. The summed E-state index contributed by atoms with van der Waals surface area (Å²) in [6.07, 6.45) is 2.17. The maximum atomic E-state index is 12.6. The SMILES string of the molecule is CCCn1ncc(C(N)=O)c1NC(=O)c1ccccc1OCC. The van der Waals surface area contributed by atoms with Crippen LogP contribution in [0.15, 0.2) is 30.5 Å². The topological polar surface area (TPSA) is 99.2 Å². The molecule has 0 saturated heterocycles. The predicted molar refractivity (Wildman–Crippen MR) is 86.6 cm³/mol. The predicted octanol–water partition coefficient (Wildman–Crippen LogP) is 2.04. The summed E-state index contributed by atoms with van der Waals surface area (Å²) in [6, 6.07) is 6.91. The average molecular weight is 316 g/mol. The average Bonchev–Trinajstić information content (AvgIpc) is 2.91. The van der Waals surface area contributed by atoms with E-state index >= 15 is 0 Å². The highest BCUT2D eigenvalue weighted by atomic mass is 16.5. The molecule has 1 aromatic heterocycles. The van der Waals surface area contributed by atoms with Gasteiger partial charge >= 0.3 is 0 Å². The van der Waals surface area contributed by atoms with Crippen molar-refractivity contribution in [1.82, 2.24) is 9.78 Å². The van der Waals surface area contributed by atoms with E-state index in [1.165, 1.54) is 6.20 Å². The minimum absolute atomic E-state index is 0.181. The number of amides is 2. The molecule has 0 unspecified atom stereocenters. The van der Waals surface area contributed by atoms with Gasteiger partial charge in [0, 0.05) is 6.54 Å². The van der Waals surface area contributed by atoms with E-state index in [9.17, 15) is 9.59 Å². The van der Waals surface area contributed by atoms with Crippen LogP contribution in [-0.4, -0.2) is 28.2 Å². The Morgan fingerprint density at radius 1 is 1.26 bits per heavy atom. The van der Waals surface area contributed by atoms with Gasteiger partial charge in [-0.05, 0) is 25.5 Å². The molecule has 0 aliphatic rings. The van der Waals surface area contributed by atoms with Gasteiger partial charge in [0.2, 0.25) is 0 Å². The molecule has 2 aromatic rings. The molecule has 0 aliphatic heterocycles. The van der Waals surface area contributed by atoms with Crippen LogP contribution in [0.1, 0.15) is 41.0 Å². The van der Waals surface area contributed by atoms with Gasteiger partial charge in [0.15, 0.2) is 0 Å². The number of nitrogens with two attached hydrogens (primary N) is 1. The van der Waals surface area contributed by atoms with E-state index in [-0.39, 0.29) is 11.5 Å². The van der Waals surface area contributed by atoms with E-state index in [0.717, 1.165) is 6.42 Å². The molecule has 2 rings (SSSR count). The molecular formula is C16H20N4O3. The molecule has 0 bridgehead atoms. The standard InChI is InChI=1S/C16H20N4O3/c1-3-9-20-15(12(10-18-20)14(17)21)19-16(22)11-7-5-6-8-13(11)23-4-2/h5-8,10H,3-4,9H2,1-2H3,(H2,17,21)(H,19,22). The highest BCUT2D eigenvalue weighted by Gasteiger charge is 2.19. The van der Waals surface area contributed by atoms with Gasteiger partial charge in [-0.3, -0.25) is 9.59 Å². The summed E-state index contributed by atoms with van der Waals surface area (Å²) in [4.78, 5) is 24.1. The summed E-state index contributed by atoms with van der Waals surface area (Å²) >= 11 is 0. The van der Waals surface area contributed by atoms with Crippen LogP contribution in [0.5, 0.6) is 5.75 Å². The first-order valence-corrected chi connectivity index (χ1v) is 7.47. The third-order valence-electron chi connectivity index (χ3n) is 3.20. The Balaban J connectivity index is 2.33. The first-order valence-electron chi connectivity index (χ1n) is 7.47. The molecule has 0 radical (unpaired) electrons. The number of hydrogen-bond acceptors (Lipinski definition) is 4. The second-order valence-corrected chi connectivity index (χ2v) is 4.88. The van der Waals surface area contributed by atoms with Gasteiger partial charge in [0.25, 0.3) is 11.8 Å². The number of nitrogens with one attached hydrogen (secondary N) is 1. The van der Waals surface area contributed by atoms with Crippen LogP contribution in [-0.2, 0) is 6.54 Å². The zero-order valence-electron chi connectivity index (χ0n) is 13.2. The van der Waals surface area contributed by atoms with Crippen molar-refractivity contribution in [3.8, 4) is 5.75 Å². The van der Waals surface area contributed by atoms with Crippen LogP contribution in [0.4, 0.5) is 5.82 Å². The van der Waals surface area contributed by atoms with E-state index in [1.807, 2.05) is 13.8 Å². The molecule has 7 nitrogen and oxygen atoms in total. The maximum absolute atomic E-state index is 12.6. The maximum Gasteiger partial charge on any atom is 0.260 e. The quantitative estimate of drug-likeness (QED) is 0.816. The van der Waals surface area contributed by atoms with Crippen molar-refractivity contribution in [2.24, 2.45) is 5.73 Å². The van der Waals surface area contributed by atoms with E-state index in [0.29, 0.717) is 30.3 Å². The number of primary amides is 1. The van der Waals surface area contributed by atoms with Gasteiger partial charge in [-0.15, -0.1) is 0 Å². The Hall–Kier alpha value is -2.83. The van der Waals surface area contributed by atoms with Crippen LogP contribution >= 0.6 is 0 Å². The van der Waals surface area contributed by atoms with Crippen molar-refractivity contribution in [3.05, 3.63) is 41.6 Å². The van der Waals surface area contributed by atoms with Gasteiger partial charge < -0.3 is 15.8 Å². The number of aryl methyl sites for hydroxylation is 1. The lowest BCUT2D eigenvalue weighted by Crippen LogP contribution is -2.20. The van der Waals surface area contributed by atoms with Crippen molar-refractivity contribution >= 4 is 17.6 Å². The van der Waals surface area contributed by atoms with Crippen molar-refractivity contribution in [2.45, 2.75) is 26.8 Å². The minimum Gasteiger partial charge on any atom is -0.493 e. The molecule has 0 spiro atoms.